The van der Waals surface area contributed by atoms with Crippen LogP contribution in [0.4, 0.5) is 0 Å². The normalized spacial score (nSPS) is 55.6. The van der Waals surface area contributed by atoms with Gasteiger partial charge in [-0.3, -0.25) is 9.59 Å². The van der Waals surface area contributed by atoms with Crippen molar-refractivity contribution in [3.05, 3.63) is 22.8 Å². The second-order valence-electron chi connectivity index (χ2n) is 17.7. The van der Waals surface area contributed by atoms with Gasteiger partial charge in [0.25, 0.3) is 0 Å². The van der Waals surface area contributed by atoms with Gasteiger partial charge in [0.15, 0.2) is 11.6 Å². The van der Waals surface area contributed by atoms with E-state index in [2.05, 4.69) is 41.5 Å². The van der Waals surface area contributed by atoms with Crippen LogP contribution in [0.3, 0.4) is 0 Å². The Morgan fingerprint density at radius 2 is 1.26 bits per heavy atom. The van der Waals surface area contributed by atoms with E-state index in [-0.39, 0.29) is 39.6 Å². The van der Waals surface area contributed by atoms with Gasteiger partial charge in [-0.15, -0.1) is 0 Å². The number of aliphatic hydroxyl groups excluding tert-OH is 2. The van der Waals surface area contributed by atoms with Gasteiger partial charge >= 0.3 is 0 Å². The van der Waals surface area contributed by atoms with Gasteiger partial charge in [0, 0.05) is 17.3 Å². The Hall–Kier alpha value is -1.34. The van der Waals surface area contributed by atoms with E-state index in [1.165, 1.54) is 5.57 Å². The number of allylic oxidation sites excluding steroid dienone is 2. The average molecular weight is 581 g/mol. The maximum absolute atomic E-state index is 14.9. The molecule has 0 amide bonds. The number of aliphatic hydroxyl groups is 4. The highest BCUT2D eigenvalue weighted by Crippen LogP contribution is 2.79. The van der Waals surface area contributed by atoms with Crippen LogP contribution in [0.5, 0.6) is 0 Å². The summed E-state index contributed by atoms with van der Waals surface area (Å²) < 4.78 is 0. The van der Waals surface area contributed by atoms with Crippen LogP contribution in [0.2, 0.25) is 0 Å². The predicted octanol–water partition coefficient (Wildman–Crippen LogP) is 4.92. The zero-order valence-corrected chi connectivity index (χ0v) is 26.9. The first-order valence-corrected chi connectivity index (χ1v) is 16.6. The Bertz CT molecular complexity index is 1350. The van der Waals surface area contributed by atoms with Crippen LogP contribution in [0.15, 0.2) is 22.8 Å². The summed E-state index contributed by atoms with van der Waals surface area (Å²) in [6.45, 7) is 16.4. The van der Waals surface area contributed by atoms with Crippen LogP contribution in [0.25, 0.3) is 0 Å². The largest absolute Gasteiger partial charge is 0.393 e. The van der Waals surface area contributed by atoms with E-state index in [1.807, 2.05) is 0 Å². The van der Waals surface area contributed by atoms with Crippen molar-refractivity contribution >= 4 is 11.6 Å². The first kappa shape index (κ1) is 29.4. The van der Waals surface area contributed by atoms with Crippen molar-refractivity contribution in [3.63, 3.8) is 0 Å². The highest BCUT2D eigenvalue weighted by molar-refractivity contribution is 6.03. The summed E-state index contributed by atoms with van der Waals surface area (Å²) in [6, 6.07) is 0. The van der Waals surface area contributed by atoms with Crippen molar-refractivity contribution in [2.24, 2.45) is 56.7 Å². The van der Waals surface area contributed by atoms with Crippen molar-refractivity contribution < 1.29 is 30.0 Å². The number of fused-ring (bicyclic) bond motifs is 4. The van der Waals surface area contributed by atoms with Gasteiger partial charge in [-0.05, 0) is 105 Å². The number of rotatable bonds is 0. The van der Waals surface area contributed by atoms with Crippen LogP contribution < -0.4 is 0 Å². The third kappa shape index (κ3) is 2.98. The lowest BCUT2D eigenvalue weighted by atomic mass is 9.29. The smallest absolute Gasteiger partial charge is 0.187 e. The number of Topliss-reactive ketones (excluding diaryl/α,β-unsaturated/α-hetero) is 1. The van der Waals surface area contributed by atoms with Gasteiger partial charge in [0.2, 0.25) is 0 Å². The molecule has 0 unspecified atom stereocenters. The molecule has 4 fully saturated rings. The lowest BCUT2D eigenvalue weighted by Crippen LogP contribution is -2.77. The minimum absolute atomic E-state index is 0.130. The van der Waals surface area contributed by atoms with Crippen LogP contribution in [-0.4, -0.2) is 55.4 Å². The third-order valence-corrected chi connectivity index (χ3v) is 15.4. The third-order valence-electron chi connectivity index (χ3n) is 15.4. The van der Waals surface area contributed by atoms with Gasteiger partial charge < -0.3 is 20.4 Å². The summed E-state index contributed by atoms with van der Waals surface area (Å²) in [5.74, 6) is -2.00. The average Bonchev–Trinajstić information content (AvgIpc) is 2.88. The van der Waals surface area contributed by atoms with Gasteiger partial charge in [0.05, 0.1) is 18.1 Å². The molecule has 0 saturated heterocycles. The molecule has 8 aliphatic rings. The first-order chi connectivity index (χ1) is 19.2. The first-order valence-electron chi connectivity index (χ1n) is 16.6. The Kier molecular flexibility index (Phi) is 5.65. The lowest BCUT2D eigenvalue weighted by Gasteiger charge is -2.74. The molecule has 0 aromatic rings. The summed E-state index contributed by atoms with van der Waals surface area (Å²) in [5.41, 5.74) is -2.26. The van der Waals surface area contributed by atoms with Crippen molar-refractivity contribution in [1.29, 1.82) is 0 Å². The summed E-state index contributed by atoms with van der Waals surface area (Å²) in [7, 11) is 0. The fourth-order valence-corrected chi connectivity index (χ4v) is 13.4. The zero-order chi connectivity index (χ0) is 30.8. The van der Waals surface area contributed by atoms with Gasteiger partial charge in [0.1, 0.15) is 11.2 Å². The van der Waals surface area contributed by atoms with Crippen molar-refractivity contribution in [2.75, 3.05) is 0 Å². The fourth-order valence-electron chi connectivity index (χ4n) is 13.4. The Balaban J connectivity index is 1.52. The predicted molar refractivity (Wildman–Crippen MR) is 159 cm³/mol. The molecule has 8 rings (SSSR count). The topological polar surface area (TPSA) is 115 Å². The minimum atomic E-state index is -1.71. The highest BCUT2D eigenvalue weighted by Gasteiger charge is 2.79. The molecule has 12 atom stereocenters. The molecule has 4 saturated carbocycles. The van der Waals surface area contributed by atoms with E-state index in [1.54, 1.807) is 19.9 Å². The molecule has 42 heavy (non-hydrogen) atoms. The Morgan fingerprint density at radius 1 is 0.714 bits per heavy atom. The Morgan fingerprint density at radius 3 is 1.86 bits per heavy atom. The molecular weight excluding hydrogens is 528 g/mol. The second kappa shape index (κ2) is 8.08. The molecule has 2 bridgehead atoms. The van der Waals surface area contributed by atoms with E-state index in [9.17, 15) is 30.0 Å². The van der Waals surface area contributed by atoms with Crippen molar-refractivity contribution in [3.8, 4) is 0 Å². The fraction of sp³-hybridized carbons (Fsp3) is 0.833. The van der Waals surface area contributed by atoms with E-state index >= 15 is 0 Å². The maximum atomic E-state index is 14.9. The van der Waals surface area contributed by atoms with E-state index < -0.39 is 52.0 Å². The summed E-state index contributed by atoms with van der Waals surface area (Å²) in [6.07, 6.45) is 6.70. The maximum Gasteiger partial charge on any atom is 0.187 e. The number of carbonyl (C=O) groups is 2. The quantitative estimate of drug-likeness (QED) is 0.303. The monoisotopic (exact) mass is 580 g/mol. The summed E-state index contributed by atoms with van der Waals surface area (Å²) >= 11 is 0. The van der Waals surface area contributed by atoms with E-state index in [0.717, 1.165) is 36.8 Å². The number of carbonyl (C=O) groups excluding carboxylic acids is 2. The molecule has 0 aromatic heterocycles. The van der Waals surface area contributed by atoms with Gasteiger partial charge in [-0.25, -0.2) is 0 Å². The zero-order valence-electron chi connectivity index (χ0n) is 26.9. The van der Waals surface area contributed by atoms with Crippen molar-refractivity contribution in [2.45, 2.75) is 130 Å². The lowest BCUT2D eigenvalue weighted by molar-refractivity contribution is -0.218. The second-order valence-corrected chi connectivity index (χ2v) is 17.7. The molecular formula is C36H52O6. The Labute approximate surface area is 251 Å². The highest BCUT2D eigenvalue weighted by atomic mass is 16.3. The van der Waals surface area contributed by atoms with Gasteiger partial charge in [-0.2, -0.15) is 0 Å². The van der Waals surface area contributed by atoms with Crippen LogP contribution in [0.1, 0.15) is 107 Å². The minimum Gasteiger partial charge on any atom is -0.393 e. The van der Waals surface area contributed by atoms with Gasteiger partial charge in [-0.1, -0.05) is 58.3 Å². The summed E-state index contributed by atoms with van der Waals surface area (Å²) in [4.78, 5) is 28.9. The van der Waals surface area contributed by atoms with Crippen molar-refractivity contribution in [1.82, 2.24) is 0 Å². The van der Waals surface area contributed by atoms with E-state index in [4.69, 9.17) is 0 Å². The molecule has 6 heteroatoms. The molecule has 8 aliphatic carbocycles. The SMILES string of the molecule is CC1(C)[C@H](O)CC[C@]2(C)C3=CC(=O)[C@@](C)(O)[C@@H]4[C@@H]5C6=C([C@@H](C(=O)[C@]5(C)O)[C@]34CC[C@@H]12)[C@@]1(C)CC[C@H](O)C(C)(C)[C@@H]1CC6. The molecule has 232 valence electrons. The molecule has 0 radical (unpaired) electrons. The molecule has 0 aromatic carbocycles. The molecule has 4 N–H and O–H groups in total. The number of ketones is 2. The molecule has 1 spiro atoms. The van der Waals surface area contributed by atoms with Crippen LogP contribution >= 0.6 is 0 Å². The number of hydrogen-bond acceptors (Lipinski definition) is 6. The van der Waals surface area contributed by atoms with E-state index in [0.29, 0.717) is 25.7 Å². The molecule has 0 heterocycles. The van der Waals surface area contributed by atoms with Crippen LogP contribution in [-0.2, 0) is 9.59 Å². The summed E-state index contributed by atoms with van der Waals surface area (Å²) in [5, 5.41) is 46.6. The number of hydrogen-bond donors (Lipinski definition) is 4. The standard InChI is InChI=1S/C36H52O6/c1-30(2)19-10-9-18-25(33(19,6)15-13-23(30)38)27-29(40)35(8,42)26(18)28-34(7,41)24(39)17-21-32(5)14-12-22(37)31(3,4)20(32)11-16-36(21,27)28/h17,19-20,22-23,26-28,37-38,41-42H,9-16H2,1-8H3/t19-,20-,22+,23-,26-,27-,28-,32-,33-,34+,35+,36-/m0/s1. The van der Waals surface area contributed by atoms with Crippen LogP contribution in [0, 0.1) is 56.7 Å². The molecule has 6 nitrogen and oxygen atoms in total. The molecule has 0 aliphatic heterocycles.